The maximum absolute atomic E-state index is 12.2. The minimum atomic E-state index is -0.552. The fourth-order valence-corrected chi connectivity index (χ4v) is 1.65. The second kappa shape index (κ2) is 6.69. The number of carbonyl (C=O) groups is 1. The number of nitrogens with one attached hydrogen (secondary N) is 1. The van der Waals surface area contributed by atoms with Crippen LogP contribution in [0, 0.1) is 10.1 Å². The van der Waals surface area contributed by atoms with E-state index in [1.807, 2.05) is 0 Å². The van der Waals surface area contributed by atoms with E-state index in [0.29, 0.717) is 18.8 Å². The van der Waals surface area contributed by atoms with Gasteiger partial charge < -0.3 is 15.0 Å². The summed E-state index contributed by atoms with van der Waals surface area (Å²) in [5.74, 6) is -0.402. The maximum atomic E-state index is 12.2. The van der Waals surface area contributed by atoms with Crippen LogP contribution in [-0.4, -0.2) is 50.1 Å². The fourth-order valence-electron chi connectivity index (χ4n) is 1.65. The zero-order valence-electron chi connectivity index (χ0n) is 11.2. The number of methoxy groups -OCH3 is 1. The molecule has 1 aromatic carbocycles. The van der Waals surface area contributed by atoms with Crippen molar-refractivity contribution in [1.82, 2.24) is 4.90 Å². The number of benzene rings is 1. The van der Waals surface area contributed by atoms with Gasteiger partial charge in [-0.2, -0.15) is 0 Å². The molecule has 0 aliphatic carbocycles. The summed E-state index contributed by atoms with van der Waals surface area (Å²) < 4.78 is 4.88. The summed E-state index contributed by atoms with van der Waals surface area (Å²) in [5, 5.41) is 13.8. The molecule has 0 heterocycles. The van der Waals surface area contributed by atoms with Crippen molar-refractivity contribution in [2.45, 2.75) is 0 Å². The number of hydrogen-bond donors (Lipinski definition) is 1. The van der Waals surface area contributed by atoms with Crippen molar-refractivity contribution in [2.75, 3.05) is 39.7 Å². The first-order valence-corrected chi connectivity index (χ1v) is 5.72. The second-order valence-corrected chi connectivity index (χ2v) is 3.93. The van der Waals surface area contributed by atoms with Crippen LogP contribution in [0.15, 0.2) is 18.2 Å². The molecule has 0 aliphatic heterocycles. The number of ether oxygens (including phenoxy) is 1. The van der Waals surface area contributed by atoms with Gasteiger partial charge in [0.1, 0.15) is 11.3 Å². The van der Waals surface area contributed by atoms with Gasteiger partial charge in [0.05, 0.1) is 11.5 Å². The van der Waals surface area contributed by atoms with Crippen LogP contribution in [-0.2, 0) is 4.74 Å². The third-order valence-electron chi connectivity index (χ3n) is 2.70. The van der Waals surface area contributed by atoms with Gasteiger partial charge in [-0.15, -0.1) is 0 Å². The lowest BCUT2D eigenvalue weighted by molar-refractivity contribution is -0.384. The van der Waals surface area contributed by atoms with Gasteiger partial charge in [0.25, 0.3) is 5.91 Å². The highest BCUT2D eigenvalue weighted by atomic mass is 16.6. The average Bonchev–Trinajstić information content (AvgIpc) is 2.42. The lowest BCUT2D eigenvalue weighted by atomic mass is 10.1. The molecule has 7 heteroatoms. The molecule has 7 nitrogen and oxygen atoms in total. The molecule has 0 radical (unpaired) electrons. The molecule has 0 saturated heterocycles. The minimum Gasteiger partial charge on any atom is -0.383 e. The predicted octanol–water partition coefficient (Wildman–Crippen LogP) is 1.35. The Bertz CT molecular complexity index is 476. The summed E-state index contributed by atoms with van der Waals surface area (Å²) in [5.41, 5.74) is 0.172. The third kappa shape index (κ3) is 3.41. The molecule has 1 aromatic rings. The van der Waals surface area contributed by atoms with Gasteiger partial charge in [-0.05, 0) is 12.1 Å². The first-order valence-electron chi connectivity index (χ1n) is 5.72. The Hall–Kier alpha value is -2.15. The first kappa shape index (κ1) is 14.9. The summed E-state index contributed by atoms with van der Waals surface area (Å²) in [7, 11) is 4.69. The highest BCUT2D eigenvalue weighted by Gasteiger charge is 2.25. The van der Waals surface area contributed by atoms with Crippen LogP contribution >= 0.6 is 0 Å². The normalized spacial score (nSPS) is 10.1. The van der Waals surface area contributed by atoms with Gasteiger partial charge in [-0.3, -0.25) is 14.9 Å². The van der Waals surface area contributed by atoms with Crippen molar-refractivity contribution >= 4 is 17.3 Å². The molecular weight excluding hydrogens is 250 g/mol. The largest absolute Gasteiger partial charge is 0.383 e. The van der Waals surface area contributed by atoms with Crippen molar-refractivity contribution < 1.29 is 14.5 Å². The van der Waals surface area contributed by atoms with E-state index < -0.39 is 10.8 Å². The Balaban J connectivity index is 3.12. The molecule has 104 valence electrons. The monoisotopic (exact) mass is 267 g/mol. The van der Waals surface area contributed by atoms with E-state index in [4.69, 9.17) is 4.74 Å². The van der Waals surface area contributed by atoms with E-state index in [2.05, 4.69) is 5.32 Å². The molecule has 0 aromatic heterocycles. The Morgan fingerprint density at radius 3 is 2.74 bits per heavy atom. The first-order chi connectivity index (χ1) is 9.02. The van der Waals surface area contributed by atoms with E-state index in [1.165, 1.54) is 18.1 Å². The fraction of sp³-hybridized carbons (Fsp3) is 0.417. The van der Waals surface area contributed by atoms with Crippen molar-refractivity contribution in [3.63, 3.8) is 0 Å². The van der Waals surface area contributed by atoms with Gasteiger partial charge in [0.15, 0.2) is 0 Å². The molecule has 1 N–H and O–H groups in total. The Morgan fingerprint density at radius 1 is 1.53 bits per heavy atom. The second-order valence-electron chi connectivity index (χ2n) is 3.93. The number of amides is 1. The number of nitro benzene ring substituents is 1. The molecule has 0 fully saturated rings. The molecule has 0 saturated carbocycles. The minimum absolute atomic E-state index is 0.0652. The molecule has 0 bridgehead atoms. The highest BCUT2D eigenvalue weighted by molar-refractivity contribution is 6.00. The quantitative estimate of drug-likeness (QED) is 0.621. The van der Waals surface area contributed by atoms with Crippen molar-refractivity contribution in [3.8, 4) is 0 Å². The van der Waals surface area contributed by atoms with Crippen molar-refractivity contribution in [3.05, 3.63) is 33.9 Å². The van der Waals surface area contributed by atoms with Crippen molar-refractivity contribution in [2.24, 2.45) is 0 Å². The summed E-state index contributed by atoms with van der Waals surface area (Å²) in [6.07, 6.45) is 0. The number of likely N-dealkylation sites (N-methyl/N-ethyl adjacent to an activating group) is 1. The van der Waals surface area contributed by atoms with Crippen LogP contribution in [0.25, 0.3) is 0 Å². The summed E-state index contributed by atoms with van der Waals surface area (Å²) in [6, 6.07) is 4.62. The van der Waals surface area contributed by atoms with Crippen LogP contribution in [0.4, 0.5) is 11.4 Å². The van der Waals surface area contributed by atoms with Crippen LogP contribution in [0.2, 0.25) is 0 Å². The third-order valence-corrected chi connectivity index (χ3v) is 2.70. The molecule has 19 heavy (non-hydrogen) atoms. The smallest absolute Gasteiger partial charge is 0.305 e. The number of anilines is 1. The van der Waals surface area contributed by atoms with E-state index in [1.54, 1.807) is 26.2 Å². The number of hydrogen-bond acceptors (Lipinski definition) is 5. The average molecular weight is 267 g/mol. The van der Waals surface area contributed by atoms with Gasteiger partial charge >= 0.3 is 5.69 Å². The van der Waals surface area contributed by atoms with Gasteiger partial charge in [-0.1, -0.05) is 6.07 Å². The molecule has 0 spiro atoms. The van der Waals surface area contributed by atoms with E-state index >= 15 is 0 Å². The highest BCUT2D eigenvalue weighted by Crippen LogP contribution is 2.28. The number of para-hydroxylation sites is 1. The van der Waals surface area contributed by atoms with E-state index in [0.717, 1.165) is 0 Å². The molecule has 0 aliphatic rings. The van der Waals surface area contributed by atoms with Crippen LogP contribution in [0.3, 0.4) is 0 Å². The van der Waals surface area contributed by atoms with Crippen molar-refractivity contribution in [1.29, 1.82) is 0 Å². The molecule has 0 unspecified atom stereocenters. The van der Waals surface area contributed by atoms with Gasteiger partial charge in [0, 0.05) is 27.7 Å². The zero-order chi connectivity index (χ0) is 14.4. The van der Waals surface area contributed by atoms with E-state index in [-0.39, 0.29) is 11.3 Å². The number of nitrogens with zero attached hydrogens (tertiary/aromatic N) is 2. The Morgan fingerprint density at radius 2 is 2.21 bits per heavy atom. The van der Waals surface area contributed by atoms with Gasteiger partial charge in [0.2, 0.25) is 0 Å². The lowest BCUT2D eigenvalue weighted by Gasteiger charge is -2.17. The van der Waals surface area contributed by atoms with Gasteiger partial charge in [-0.25, -0.2) is 0 Å². The Labute approximate surface area is 111 Å². The molecule has 1 amide bonds. The molecular formula is C12H17N3O4. The predicted molar refractivity (Wildman–Crippen MR) is 71.5 cm³/mol. The topological polar surface area (TPSA) is 84.7 Å². The maximum Gasteiger partial charge on any atom is 0.305 e. The summed E-state index contributed by atoms with van der Waals surface area (Å²) >= 11 is 0. The lowest BCUT2D eigenvalue weighted by Crippen LogP contribution is -2.30. The zero-order valence-corrected chi connectivity index (χ0v) is 11.2. The van der Waals surface area contributed by atoms with Crippen LogP contribution < -0.4 is 5.32 Å². The standard InChI is InChI=1S/C12H17N3O4/c1-13-10-6-4-5-9(11(10)15(17)18)12(16)14(2)7-8-19-3/h4-6,13H,7-8H2,1-3H3. The molecule has 1 rings (SSSR count). The number of nitro groups is 1. The number of rotatable bonds is 6. The number of carbonyl (C=O) groups excluding carboxylic acids is 1. The summed E-state index contributed by atoms with van der Waals surface area (Å²) in [6.45, 7) is 0.748. The Kier molecular flexibility index (Phi) is 5.25. The molecule has 0 atom stereocenters. The van der Waals surface area contributed by atoms with E-state index in [9.17, 15) is 14.9 Å². The van der Waals surface area contributed by atoms with Crippen LogP contribution in [0.5, 0.6) is 0 Å². The SMILES string of the molecule is CNc1cccc(C(=O)N(C)CCOC)c1[N+](=O)[O-]. The summed E-state index contributed by atoms with van der Waals surface area (Å²) in [4.78, 5) is 24.1. The van der Waals surface area contributed by atoms with Crippen LogP contribution in [0.1, 0.15) is 10.4 Å².